The first kappa shape index (κ1) is 16.4. The lowest BCUT2D eigenvalue weighted by Gasteiger charge is -2.37. The third-order valence-electron chi connectivity index (χ3n) is 4.54. The molecule has 1 N–H and O–H groups in total. The first-order chi connectivity index (χ1) is 8.93. The van der Waals surface area contributed by atoms with Crippen molar-refractivity contribution in [1.29, 1.82) is 0 Å². The molecule has 2 heterocycles. The van der Waals surface area contributed by atoms with E-state index in [-0.39, 0.29) is 17.2 Å². The highest BCUT2D eigenvalue weighted by molar-refractivity contribution is 6.74. The Bertz CT molecular complexity index is 363. The van der Waals surface area contributed by atoms with E-state index in [1.165, 1.54) is 0 Å². The summed E-state index contributed by atoms with van der Waals surface area (Å²) in [6.45, 7) is 15.1. The first-order valence-electron chi connectivity index (χ1n) is 7.26. The molecule has 0 saturated carbocycles. The van der Waals surface area contributed by atoms with Crippen LogP contribution in [0.25, 0.3) is 0 Å². The molecule has 0 spiro atoms. The Kier molecular flexibility index (Phi) is 4.13. The van der Waals surface area contributed by atoms with Gasteiger partial charge in [0.05, 0.1) is 6.61 Å². The van der Waals surface area contributed by atoms with Crippen LogP contribution in [0, 0.1) is 0 Å². The maximum Gasteiger partial charge on any atom is 0.192 e. The molecule has 0 bridgehead atoms. The quantitative estimate of drug-likeness (QED) is 0.810. The molecule has 0 aliphatic carbocycles. The van der Waals surface area contributed by atoms with E-state index in [9.17, 15) is 5.11 Å². The molecule has 2 saturated heterocycles. The van der Waals surface area contributed by atoms with E-state index in [4.69, 9.17) is 18.6 Å². The molecule has 118 valence electrons. The van der Waals surface area contributed by atoms with Gasteiger partial charge in [-0.05, 0) is 32.0 Å². The minimum absolute atomic E-state index is 0.149. The summed E-state index contributed by atoms with van der Waals surface area (Å²) in [6, 6.07) is 0. The molecule has 2 aliphatic rings. The molecule has 0 amide bonds. The van der Waals surface area contributed by atoms with Crippen LogP contribution in [0.5, 0.6) is 0 Å². The van der Waals surface area contributed by atoms with Crippen molar-refractivity contribution in [3.05, 3.63) is 0 Å². The minimum Gasteiger partial charge on any atom is -0.414 e. The summed E-state index contributed by atoms with van der Waals surface area (Å²) in [7, 11) is -1.83. The second kappa shape index (κ2) is 5.03. The Morgan fingerprint density at radius 3 is 2.25 bits per heavy atom. The number of rotatable bonds is 3. The van der Waals surface area contributed by atoms with Crippen LogP contribution in [-0.2, 0) is 18.6 Å². The molecule has 2 aliphatic heterocycles. The van der Waals surface area contributed by atoms with Crippen LogP contribution in [0.15, 0.2) is 0 Å². The lowest BCUT2D eigenvalue weighted by atomic mass is 10.1. The predicted molar refractivity (Wildman–Crippen MR) is 77.9 cm³/mol. The van der Waals surface area contributed by atoms with E-state index in [0.717, 1.165) is 0 Å². The van der Waals surface area contributed by atoms with E-state index >= 15 is 0 Å². The Morgan fingerprint density at radius 2 is 1.70 bits per heavy atom. The molecule has 2 rings (SSSR count). The van der Waals surface area contributed by atoms with Gasteiger partial charge < -0.3 is 23.7 Å². The van der Waals surface area contributed by atoms with Gasteiger partial charge >= 0.3 is 0 Å². The van der Waals surface area contributed by atoms with E-state index in [0.29, 0.717) is 6.61 Å². The average Bonchev–Trinajstić information content (AvgIpc) is 2.70. The second-order valence-electron chi connectivity index (χ2n) is 7.70. The number of hydrogen-bond donors (Lipinski definition) is 1. The van der Waals surface area contributed by atoms with Gasteiger partial charge in [0.2, 0.25) is 0 Å². The molecule has 0 radical (unpaired) electrons. The van der Waals surface area contributed by atoms with Crippen molar-refractivity contribution >= 4 is 8.32 Å². The van der Waals surface area contributed by atoms with Crippen LogP contribution in [0.4, 0.5) is 0 Å². The number of aliphatic hydroxyl groups is 1. The van der Waals surface area contributed by atoms with Crippen molar-refractivity contribution in [2.45, 2.75) is 83.1 Å². The van der Waals surface area contributed by atoms with Crippen molar-refractivity contribution in [3.8, 4) is 0 Å². The Balaban J connectivity index is 1.98. The van der Waals surface area contributed by atoms with Gasteiger partial charge in [-0.15, -0.1) is 0 Å². The highest BCUT2D eigenvalue weighted by Gasteiger charge is 2.55. The van der Waals surface area contributed by atoms with Crippen LogP contribution in [0.2, 0.25) is 18.1 Å². The topological polar surface area (TPSA) is 57.2 Å². The molecule has 0 aromatic rings. The molecule has 6 heteroatoms. The van der Waals surface area contributed by atoms with Crippen LogP contribution in [-0.4, -0.2) is 50.4 Å². The standard InChI is InChI=1S/C14H28O5Si/c1-13(2,3)20(6,7)16-8-9-10-11(12(15)17-9)19-14(4,5)18-10/h9-12,15H,8H2,1-7H3/t9-,10?,11?,12-/m1/s1. The van der Waals surface area contributed by atoms with Crippen LogP contribution in [0.3, 0.4) is 0 Å². The first-order valence-corrected chi connectivity index (χ1v) is 10.2. The number of fused-ring (bicyclic) bond motifs is 1. The number of aliphatic hydroxyl groups excluding tert-OH is 1. The van der Waals surface area contributed by atoms with Crippen molar-refractivity contribution in [1.82, 2.24) is 0 Å². The van der Waals surface area contributed by atoms with Crippen molar-refractivity contribution in [2.24, 2.45) is 0 Å². The van der Waals surface area contributed by atoms with Crippen LogP contribution >= 0.6 is 0 Å². The maximum absolute atomic E-state index is 9.92. The number of hydrogen-bond acceptors (Lipinski definition) is 5. The Morgan fingerprint density at radius 1 is 1.15 bits per heavy atom. The third-order valence-corrected chi connectivity index (χ3v) is 9.04. The molecular formula is C14H28O5Si. The van der Waals surface area contributed by atoms with E-state index in [2.05, 4.69) is 33.9 Å². The summed E-state index contributed by atoms with van der Waals surface area (Å²) in [5.41, 5.74) is 0. The molecule has 4 atom stereocenters. The van der Waals surface area contributed by atoms with Gasteiger partial charge in [0.15, 0.2) is 20.4 Å². The molecule has 0 aromatic heterocycles. The van der Waals surface area contributed by atoms with E-state index < -0.39 is 26.5 Å². The van der Waals surface area contributed by atoms with Crippen molar-refractivity contribution < 1.29 is 23.7 Å². The Labute approximate surface area is 122 Å². The summed E-state index contributed by atoms with van der Waals surface area (Å²) >= 11 is 0. The zero-order valence-electron chi connectivity index (χ0n) is 13.6. The normalized spacial score (nSPS) is 37.2. The zero-order valence-corrected chi connectivity index (χ0v) is 14.6. The maximum atomic E-state index is 9.92. The van der Waals surface area contributed by atoms with Crippen molar-refractivity contribution in [2.75, 3.05) is 6.61 Å². The molecule has 2 unspecified atom stereocenters. The lowest BCUT2D eigenvalue weighted by Crippen LogP contribution is -2.44. The molecular weight excluding hydrogens is 276 g/mol. The highest BCUT2D eigenvalue weighted by Crippen LogP contribution is 2.40. The number of ether oxygens (including phenoxy) is 3. The summed E-state index contributed by atoms with van der Waals surface area (Å²) in [4.78, 5) is 0. The SMILES string of the molecule is CC1(C)OC2C(O1)[C@@H](CO[Si](C)(C)C(C)(C)C)O[C@H]2O. The largest absolute Gasteiger partial charge is 0.414 e. The van der Waals surface area contributed by atoms with Gasteiger partial charge in [-0.2, -0.15) is 0 Å². The van der Waals surface area contributed by atoms with Gasteiger partial charge in [-0.25, -0.2) is 0 Å². The highest BCUT2D eigenvalue weighted by atomic mass is 28.4. The van der Waals surface area contributed by atoms with Crippen molar-refractivity contribution in [3.63, 3.8) is 0 Å². The molecule has 2 fully saturated rings. The molecule has 20 heavy (non-hydrogen) atoms. The summed E-state index contributed by atoms with van der Waals surface area (Å²) in [5, 5.41) is 10.1. The summed E-state index contributed by atoms with van der Waals surface area (Å²) in [6.07, 6.45) is -1.89. The summed E-state index contributed by atoms with van der Waals surface area (Å²) < 4.78 is 23.2. The van der Waals surface area contributed by atoms with Gasteiger partial charge in [-0.3, -0.25) is 0 Å². The van der Waals surface area contributed by atoms with Gasteiger partial charge in [0.1, 0.15) is 18.3 Å². The summed E-state index contributed by atoms with van der Waals surface area (Å²) in [5.74, 6) is -0.671. The van der Waals surface area contributed by atoms with Gasteiger partial charge in [0.25, 0.3) is 0 Å². The lowest BCUT2D eigenvalue weighted by molar-refractivity contribution is -0.222. The predicted octanol–water partition coefficient (Wildman–Crippen LogP) is 2.25. The fourth-order valence-electron chi connectivity index (χ4n) is 2.30. The molecule has 5 nitrogen and oxygen atoms in total. The van der Waals surface area contributed by atoms with Gasteiger partial charge in [-0.1, -0.05) is 20.8 Å². The third kappa shape index (κ3) is 3.10. The zero-order chi connectivity index (χ0) is 15.3. The van der Waals surface area contributed by atoms with Crippen LogP contribution < -0.4 is 0 Å². The average molecular weight is 304 g/mol. The monoisotopic (exact) mass is 304 g/mol. The fraction of sp³-hybridized carbons (Fsp3) is 1.00. The van der Waals surface area contributed by atoms with E-state index in [1.54, 1.807) is 0 Å². The smallest absolute Gasteiger partial charge is 0.192 e. The van der Waals surface area contributed by atoms with E-state index in [1.807, 2.05) is 13.8 Å². The Hall–Kier alpha value is 0.0169. The van der Waals surface area contributed by atoms with Gasteiger partial charge in [0, 0.05) is 0 Å². The fourth-order valence-corrected chi connectivity index (χ4v) is 3.31. The van der Waals surface area contributed by atoms with Crippen LogP contribution in [0.1, 0.15) is 34.6 Å². The minimum atomic E-state index is -1.83. The molecule has 0 aromatic carbocycles. The second-order valence-corrected chi connectivity index (χ2v) is 12.5.